The largest absolute Gasteiger partial charge is 0.326 e. The van der Waals surface area contributed by atoms with Crippen molar-refractivity contribution in [2.45, 2.75) is 13.8 Å². The molecule has 3 amide bonds. The van der Waals surface area contributed by atoms with Gasteiger partial charge in [0.15, 0.2) is 0 Å². The molecule has 0 radical (unpaired) electrons. The quantitative estimate of drug-likeness (QED) is 0.516. The zero-order chi connectivity index (χ0) is 21.3. The molecule has 1 heterocycles. The summed E-state index contributed by atoms with van der Waals surface area (Å²) in [4.78, 5) is 38.9. The Morgan fingerprint density at radius 3 is 2.10 bits per heavy atom. The summed E-state index contributed by atoms with van der Waals surface area (Å²) in [7, 11) is 0. The van der Waals surface area contributed by atoms with Crippen LogP contribution in [0, 0.1) is 6.92 Å². The van der Waals surface area contributed by atoms with Crippen molar-refractivity contribution < 1.29 is 14.4 Å². The van der Waals surface area contributed by atoms with Crippen LogP contribution in [0.5, 0.6) is 0 Å². The van der Waals surface area contributed by atoms with Gasteiger partial charge >= 0.3 is 0 Å². The number of amides is 3. The topological polar surface area (TPSA) is 66.5 Å². The number of carbonyl (C=O) groups is 3. The molecule has 0 saturated heterocycles. The summed E-state index contributed by atoms with van der Waals surface area (Å²) in [6, 6.07) is 21.6. The molecule has 0 spiro atoms. The van der Waals surface area contributed by atoms with Crippen LogP contribution in [0.3, 0.4) is 0 Å². The number of aryl methyl sites for hydroxylation is 1. The van der Waals surface area contributed by atoms with Gasteiger partial charge in [0.25, 0.3) is 11.8 Å². The molecule has 5 heteroatoms. The Hall–Kier alpha value is -3.99. The predicted octanol–water partition coefficient (Wildman–Crippen LogP) is 4.68. The molecule has 0 unspecified atom stereocenters. The molecule has 0 aromatic heterocycles. The fraction of sp³-hybridized carbons (Fsp3) is 0.0800. The Kier molecular flexibility index (Phi) is 5.02. The zero-order valence-electron chi connectivity index (χ0n) is 16.7. The highest BCUT2D eigenvalue weighted by Gasteiger charge is 2.35. The van der Waals surface area contributed by atoms with Crippen molar-refractivity contribution in [2.24, 2.45) is 0 Å². The van der Waals surface area contributed by atoms with Crippen molar-refractivity contribution in [3.05, 3.63) is 95.1 Å². The normalized spacial score (nSPS) is 14.6. The number of nitrogens with one attached hydrogen (secondary N) is 1. The summed E-state index contributed by atoms with van der Waals surface area (Å²) in [5.74, 6) is -0.851. The lowest BCUT2D eigenvalue weighted by molar-refractivity contribution is -0.114. The Balaban J connectivity index is 1.79. The highest BCUT2D eigenvalue weighted by molar-refractivity contribution is 6.43. The van der Waals surface area contributed by atoms with Crippen molar-refractivity contribution in [2.75, 3.05) is 10.2 Å². The number of imide groups is 1. The SMILES string of the molecule is CC(=O)Nc1ccc(/C=C2/C(=O)N(c3ccc(C)cc3)C(=O)c3ccccc32)cc1. The van der Waals surface area contributed by atoms with Crippen LogP contribution in [0.1, 0.15) is 34.0 Å². The Morgan fingerprint density at radius 2 is 1.47 bits per heavy atom. The second-order valence-electron chi connectivity index (χ2n) is 7.19. The van der Waals surface area contributed by atoms with Gasteiger partial charge in [0.1, 0.15) is 0 Å². The minimum absolute atomic E-state index is 0.148. The van der Waals surface area contributed by atoms with E-state index in [0.717, 1.165) is 11.1 Å². The Labute approximate surface area is 174 Å². The average molecular weight is 396 g/mol. The number of nitrogens with zero attached hydrogens (tertiary/aromatic N) is 1. The molecule has 1 N–H and O–H groups in total. The molecule has 1 aliphatic heterocycles. The first kappa shape index (κ1) is 19.3. The standard InChI is InChI=1S/C25H20N2O3/c1-16-7-13-20(14-8-16)27-24(29)22-6-4-3-5-21(22)23(25(27)30)15-18-9-11-19(12-10-18)26-17(2)28/h3-15H,1-2H3,(H,26,28)/b23-15+. The fourth-order valence-corrected chi connectivity index (χ4v) is 3.45. The molecule has 1 aliphatic rings. The predicted molar refractivity (Wildman–Crippen MR) is 118 cm³/mol. The lowest BCUT2D eigenvalue weighted by Crippen LogP contribution is -2.41. The van der Waals surface area contributed by atoms with Gasteiger partial charge in [0.05, 0.1) is 5.69 Å². The Morgan fingerprint density at radius 1 is 0.833 bits per heavy atom. The summed E-state index contributed by atoms with van der Waals surface area (Å²) < 4.78 is 0. The number of rotatable bonds is 3. The molecule has 0 saturated carbocycles. The molecule has 148 valence electrons. The van der Waals surface area contributed by atoms with Crippen molar-refractivity contribution in [1.29, 1.82) is 0 Å². The van der Waals surface area contributed by atoms with E-state index >= 15 is 0 Å². The number of benzene rings is 3. The van der Waals surface area contributed by atoms with Gasteiger partial charge in [-0.15, -0.1) is 0 Å². The van der Waals surface area contributed by atoms with Crippen LogP contribution in [-0.4, -0.2) is 17.7 Å². The molecule has 0 aliphatic carbocycles. The van der Waals surface area contributed by atoms with Gasteiger partial charge in [-0.05, 0) is 54.5 Å². The van der Waals surface area contributed by atoms with Crippen molar-refractivity contribution in [3.63, 3.8) is 0 Å². The van der Waals surface area contributed by atoms with E-state index in [4.69, 9.17) is 0 Å². The lowest BCUT2D eigenvalue weighted by atomic mass is 9.91. The molecule has 3 aromatic rings. The third kappa shape index (κ3) is 3.65. The molecular formula is C25H20N2O3. The van der Waals surface area contributed by atoms with Crippen LogP contribution in [0.25, 0.3) is 11.6 Å². The van der Waals surface area contributed by atoms with Crippen molar-refractivity contribution in [1.82, 2.24) is 0 Å². The number of hydrogen-bond acceptors (Lipinski definition) is 3. The molecule has 4 rings (SSSR count). The van der Waals surface area contributed by atoms with Crippen LogP contribution in [0.2, 0.25) is 0 Å². The van der Waals surface area contributed by atoms with Gasteiger partial charge in [0.2, 0.25) is 5.91 Å². The highest BCUT2D eigenvalue weighted by Crippen LogP contribution is 2.33. The highest BCUT2D eigenvalue weighted by atomic mass is 16.2. The summed E-state index contributed by atoms with van der Waals surface area (Å²) in [6.45, 7) is 3.40. The van der Waals surface area contributed by atoms with Crippen LogP contribution in [0.4, 0.5) is 11.4 Å². The summed E-state index contributed by atoms with van der Waals surface area (Å²) in [6.07, 6.45) is 1.77. The molecule has 0 fully saturated rings. The molecule has 0 bridgehead atoms. The Bertz CT molecular complexity index is 1180. The third-order valence-corrected chi connectivity index (χ3v) is 4.92. The van der Waals surface area contributed by atoms with E-state index in [9.17, 15) is 14.4 Å². The molecule has 0 atom stereocenters. The number of carbonyl (C=O) groups excluding carboxylic acids is 3. The number of fused-ring (bicyclic) bond motifs is 1. The molecule has 5 nitrogen and oxygen atoms in total. The second-order valence-corrected chi connectivity index (χ2v) is 7.19. The number of anilines is 2. The minimum Gasteiger partial charge on any atom is -0.326 e. The van der Waals surface area contributed by atoms with Crippen molar-refractivity contribution in [3.8, 4) is 0 Å². The van der Waals surface area contributed by atoms with Crippen LogP contribution < -0.4 is 10.2 Å². The maximum Gasteiger partial charge on any atom is 0.265 e. The summed E-state index contributed by atoms with van der Waals surface area (Å²) >= 11 is 0. The monoisotopic (exact) mass is 396 g/mol. The van der Waals surface area contributed by atoms with Gasteiger partial charge in [-0.1, -0.05) is 48.0 Å². The fourth-order valence-electron chi connectivity index (χ4n) is 3.45. The summed E-state index contributed by atoms with van der Waals surface area (Å²) in [5, 5.41) is 2.72. The maximum atomic E-state index is 13.4. The first-order valence-electron chi connectivity index (χ1n) is 9.58. The van der Waals surface area contributed by atoms with Gasteiger partial charge in [-0.3, -0.25) is 14.4 Å². The average Bonchev–Trinajstić information content (AvgIpc) is 2.73. The first-order valence-corrected chi connectivity index (χ1v) is 9.58. The zero-order valence-corrected chi connectivity index (χ0v) is 16.7. The van der Waals surface area contributed by atoms with Crippen LogP contribution in [-0.2, 0) is 9.59 Å². The van der Waals surface area contributed by atoms with Crippen molar-refractivity contribution >= 4 is 40.7 Å². The maximum absolute atomic E-state index is 13.4. The first-order chi connectivity index (χ1) is 14.4. The summed E-state index contributed by atoms with van der Waals surface area (Å²) in [5.41, 5.74) is 4.60. The van der Waals surface area contributed by atoms with Crippen LogP contribution >= 0.6 is 0 Å². The van der Waals surface area contributed by atoms with Gasteiger partial charge in [-0.25, -0.2) is 4.90 Å². The van der Waals surface area contributed by atoms with E-state index in [1.54, 1.807) is 48.5 Å². The molecule has 30 heavy (non-hydrogen) atoms. The molecule has 3 aromatic carbocycles. The van der Waals surface area contributed by atoms with E-state index < -0.39 is 0 Å². The lowest BCUT2D eigenvalue weighted by Gasteiger charge is -2.28. The van der Waals surface area contributed by atoms with E-state index in [1.807, 2.05) is 37.3 Å². The van der Waals surface area contributed by atoms with E-state index in [-0.39, 0.29) is 17.7 Å². The van der Waals surface area contributed by atoms with E-state index in [1.165, 1.54) is 11.8 Å². The molecular weight excluding hydrogens is 376 g/mol. The number of hydrogen-bond donors (Lipinski definition) is 1. The van der Waals surface area contributed by atoms with Gasteiger partial charge < -0.3 is 5.32 Å². The third-order valence-electron chi connectivity index (χ3n) is 4.92. The minimum atomic E-state index is -0.367. The second kappa shape index (κ2) is 7.79. The van der Waals surface area contributed by atoms with E-state index in [0.29, 0.717) is 28.1 Å². The van der Waals surface area contributed by atoms with E-state index in [2.05, 4.69) is 5.32 Å². The van der Waals surface area contributed by atoms with Crippen LogP contribution in [0.15, 0.2) is 72.8 Å². The van der Waals surface area contributed by atoms with Gasteiger partial charge in [-0.2, -0.15) is 0 Å². The van der Waals surface area contributed by atoms with Gasteiger partial charge in [0, 0.05) is 23.7 Å². The smallest absolute Gasteiger partial charge is 0.265 e.